The topological polar surface area (TPSA) is 29.5 Å². The molecular weight excluding hydrogens is 200 g/mol. The van der Waals surface area contributed by atoms with Crippen LogP contribution in [0.4, 0.5) is 0 Å². The Morgan fingerprint density at radius 1 is 1.19 bits per heavy atom. The van der Waals surface area contributed by atoms with Gasteiger partial charge in [-0.15, -0.1) is 0 Å². The zero-order valence-electron chi connectivity index (χ0n) is 9.64. The molecule has 1 fully saturated rings. The third-order valence-electron chi connectivity index (χ3n) is 3.50. The fourth-order valence-corrected chi connectivity index (χ4v) is 2.63. The molecule has 1 aromatic rings. The first kappa shape index (κ1) is 11.6. The Bertz CT molecular complexity index is 291. The summed E-state index contributed by atoms with van der Waals surface area (Å²) in [5.41, 5.74) is 1.36. The van der Waals surface area contributed by atoms with Crippen molar-refractivity contribution in [3.8, 4) is 0 Å². The summed E-state index contributed by atoms with van der Waals surface area (Å²) < 4.78 is 5.40. The van der Waals surface area contributed by atoms with Crippen LogP contribution in [0.15, 0.2) is 30.3 Å². The second kappa shape index (κ2) is 6.02. The molecule has 1 heterocycles. The number of hydrogen-bond acceptors (Lipinski definition) is 2. The van der Waals surface area contributed by atoms with Crippen molar-refractivity contribution >= 4 is 0 Å². The maximum atomic E-state index is 9.20. The average molecular weight is 220 g/mol. The van der Waals surface area contributed by atoms with Gasteiger partial charge in [-0.3, -0.25) is 0 Å². The number of ether oxygens (including phenoxy) is 1. The Balaban J connectivity index is 2.09. The van der Waals surface area contributed by atoms with Crippen molar-refractivity contribution in [2.45, 2.75) is 25.2 Å². The summed E-state index contributed by atoms with van der Waals surface area (Å²) in [6, 6.07) is 10.6. The summed E-state index contributed by atoms with van der Waals surface area (Å²) in [5.74, 6) is 1.17. The van der Waals surface area contributed by atoms with Crippen LogP contribution in [-0.4, -0.2) is 24.9 Å². The molecule has 1 unspecified atom stereocenters. The van der Waals surface area contributed by atoms with E-state index in [2.05, 4.69) is 24.3 Å². The van der Waals surface area contributed by atoms with Crippen molar-refractivity contribution < 1.29 is 9.84 Å². The number of benzene rings is 1. The van der Waals surface area contributed by atoms with Gasteiger partial charge in [0.1, 0.15) is 0 Å². The minimum atomic E-state index is 0.275. The smallest absolute Gasteiger partial charge is 0.0468 e. The van der Waals surface area contributed by atoms with Crippen molar-refractivity contribution in [2.75, 3.05) is 19.8 Å². The Morgan fingerprint density at radius 2 is 1.88 bits per heavy atom. The molecule has 1 aromatic carbocycles. The van der Waals surface area contributed by atoms with Gasteiger partial charge in [0.25, 0.3) is 0 Å². The molecule has 2 heteroatoms. The lowest BCUT2D eigenvalue weighted by molar-refractivity contribution is 0.0544. The molecule has 1 N–H and O–H groups in total. The van der Waals surface area contributed by atoms with Crippen molar-refractivity contribution in [1.82, 2.24) is 0 Å². The Hall–Kier alpha value is -0.860. The summed E-state index contributed by atoms with van der Waals surface area (Å²) >= 11 is 0. The van der Waals surface area contributed by atoms with E-state index in [0.29, 0.717) is 11.8 Å². The highest BCUT2D eigenvalue weighted by Gasteiger charge is 2.24. The first-order valence-corrected chi connectivity index (χ1v) is 6.15. The lowest BCUT2D eigenvalue weighted by Crippen LogP contribution is -2.22. The fourth-order valence-electron chi connectivity index (χ4n) is 2.63. The Kier molecular flexibility index (Phi) is 4.37. The zero-order chi connectivity index (χ0) is 11.2. The number of rotatable bonds is 4. The third-order valence-corrected chi connectivity index (χ3v) is 3.50. The van der Waals surface area contributed by atoms with Crippen LogP contribution in [0.2, 0.25) is 0 Å². The van der Waals surface area contributed by atoms with Gasteiger partial charge in [0.2, 0.25) is 0 Å². The molecule has 0 bridgehead atoms. The maximum absolute atomic E-state index is 9.20. The minimum Gasteiger partial charge on any atom is -0.396 e. The number of hydrogen-bond donors (Lipinski definition) is 1. The highest BCUT2D eigenvalue weighted by atomic mass is 16.5. The van der Waals surface area contributed by atoms with Crippen molar-refractivity contribution in [2.24, 2.45) is 5.92 Å². The zero-order valence-corrected chi connectivity index (χ0v) is 9.64. The SMILES string of the molecule is OCCC(c1ccccc1)C1CCOCC1. The fraction of sp³-hybridized carbons (Fsp3) is 0.571. The van der Waals surface area contributed by atoms with Gasteiger partial charge in [0.15, 0.2) is 0 Å². The predicted molar refractivity (Wildman–Crippen MR) is 64.4 cm³/mol. The lowest BCUT2D eigenvalue weighted by Gasteiger charge is -2.30. The summed E-state index contributed by atoms with van der Waals surface area (Å²) in [6.07, 6.45) is 3.12. The number of aliphatic hydroxyl groups is 1. The first-order valence-electron chi connectivity index (χ1n) is 6.15. The van der Waals surface area contributed by atoms with E-state index in [4.69, 9.17) is 4.74 Å². The Morgan fingerprint density at radius 3 is 2.50 bits per heavy atom. The van der Waals surface area contributed by atoms with Crippen LogP contribution < -0.4 is 0 Å². The molecule has 0 amide bonds. The molecule has 1 atom stereocenters. The average Bonchev–Trinajstić information content (AvgIpc) is 2.38. The normalized spacial score (nSPS) is 19.6. The van der Waals surface area contributed by atoms with Crippen molar-refractivity contribution in [3.05, 3.63) is 35.9 Å². The highest BCUT2D eigenvalue weighted by Crippen LogP contribution is 2.34. The van der Waals surface area contributed by atoms with Gasteiger partial charge >= 0.3 is 0 Å². The summed E-state index contributed by atoms with van der Waals surface area (Å²) in [7, 11) is 0. The van der Waals surface area contributed by atoms with Crippen LogP contribution in [0.25, 0.3) is 0 Å². The second-order valence-corrected chi connectivity index (χ2v) is 4.48. The second-order valence-electron chi connectivity index (χ2n) is 4.48. The van der Waals surface area contributed by atoms with Gasteiger partial charge in [0, 0.05) is 19.8 Å². The van der Waals surface area contributed by atoms with Crippen LogP contribution in [0.5, 0.6) is 0 Å². The lowest BCUT2D eigenvalue weighted by atomic mass is 9.79. The molecule has 1 aliphatic rings. The van der Waals surface area contributed by atoms with E-state index in [1.165, 1.54) is 5.56 Å². The van der Waals surface area contributed by atoms with E-state index >= 15 is 0 Å². The Labute approximate surface area is 97.3 Å². The van der Waals surface area contributed by atoms with E-state index in [-0.39, 0.29) is 6.61 Å². The van der Waals surface area contributed by atoms with E-state index in [1.807, 2.05) is 6.07 Å². The highest BCUT2D eigenvalue weighted by molar-refractivity contribution is 5.20. The van der Waals surface area contributed by atoms with Gasteiger partial charge in [-0.25, -0.2) is 0 Å². The summed E-state index contributed by atoms with van der Waals surface area (Å²) in [4.78, 5) is 0. The van der Waals surface area contributed by atoms with Gasteiger partial charge in [-0.05, 0) is 36.7 Å². The van der Waals surface area contributed by atoms with Crippen LogP contribution in [0, 0.1) is 5.92 Å². The molecule has 0 radical (unpaired) electrons. The maximum Gasteiger partial charge on any atom is 0.0468 e. The van der Waals surface area contributed by atoms with E-state index in [1.54, 1.807) is 0 Å². The monoisotopic (exact) mass is 220 g/mol. The number of aliphatic hydroxyl groups excluding tert-OH is 1. The largest absolute Gasteiger partial charge is 0.396 e. The molecule has 1 saturated heterocycles. The molecule has 0 saturated carbocycles. The molecule has 0 spiro atoms. The van der Waals surface area contributed by atoms with Gasteiger partial charge in [0.05, 0.1) is 0 Å². The molecule has 2 nitrogen and oxygen atoms in total. The molecule has 2 rings (SSSR count). The molecule has 0 aromatic heterocycles. The first-order chi connectivity index (χ1) is 7.92. The molecular formula is C14H20O2. The summed E-state index contributed by atoms with van der Waals surface area (Å²) in [5, 5.41) is 9.20. The van der Waals surface area contributed by atoms with Crippen LogP contribution in [0.1, 0.15) is 30.7 Å². The standard InChI is InChI=1S/C14H20O2/c15-9-6-14(12-4-2-1-3-5-12)13-7-10-16-11-8-13/h1-5,13-15H,6-11H2. The molecule has 16 heavy (non-hydrogen) atoms. The van der Waals surface area contributed by atoms with Gasteiger partial charge < -0.3 is 9.84 Å². The van der Waals surface area contributed by atoms with E-state index < -0.39 is 0 Å². The van der Waals surface area contributed by atoms with Gasteiger partial charge in [-0.1, -0.05) is 30.3 Å². The third kappa shape index (κ3) is 2.83. The van der Waals surface area contributed by atoms with Crippen LogP contribution in [-0.2, 0) is 4.74 Å². The van der Waals surface area contributed by atoms with Crippen molar-refractivity contribution in [1.29, 1.82) is 0 Å². The summed E-state index contributed by atoms with van der Waals surface area (Å²) in [6.45, 7) is 2.02. The van der Waals surface area contributed by atoms with E-state index in [9.17, 15) is 5.11 Å². The van der Waals surface area contributed by atoms with Crippen LogP contribution in [0.3, 0.4) is 0 Å². The van der Waals surface area contributed by atoms with E-state index in [0.717, 1.165) is 32.5 Å². The van der Waals surface area contributed by atoms with Crippen LogP contribution >= 0.6 is 0 Å². The van der Waals surface area contributed by atoms with Gasteiger partial charge in [-0.2, -0.15) is 0 Å². The predicted octanol–water partition coefficient (Wildman–Crippen LogP) is 2.58. The quantitative estimate of drug-likeness (QED) is 0.845. The van der Waals surface area contributed by atoms with Crippen molar-refractivity contribution in [3.63, 3.8) is 0 Å². The molecule has 88 valence electrons. The molecule has 1 aliphatic heterocycles. The molecule has 0 aliphatic carbocycles. The minimum absolute atomic E-state index is 0.275.